The first kappa shape index (κ1) is 16.0. The van der Waals surface area contributed by atoms with E-state index in [2.05, 4.69) is 42.3 Å². The van der Waals surface area contributed by atoms with Crippen molar-refractivity contribution in [2.24, 2.45) is 11.1 Å². The number of carbonyl (C=O) groups excluding carboxylic acids is 1. The molecule has 0 aliphatic carbocycles. The number of nitrogens with two attached hydrogens (primary N) is 1. The van der Waals surface area contributed by atoms with Crippen LogP contribution in [0.4, 0.5) is 4.79 Å². The van der Waals surface area contributed by atoms with Gasteiger partial charge in [0.1, 0.15) is 0 Å². The topological polar surface area (TPSA) is 94.0 Å². The van der Waals surface area contributed by atoms with Crippen LogP contribution in [-0.4, -0.2) is 16.2 Å². The number of primary amides is 1. The zero-order chi connectivity index (χ0) is 16.3. The van der Waals surface area contributed by atoms with Crippen LogP contribution < -0.4 is 11.1 Å². The summed E-state index contributed by atoms with van der Waals surface area (Å²) < 4.78 is 5.36. The van der Waals surface area contributed by atoms with Crippen LogP contribution in [0.3, 0.4) is 0 Å². The molecule has 118 valence electrons. The largest absolute Gasteiger partial charge is 0.352 e. The van der Waals surface area contributed by atoms with Crippen LogP contribution in [0.2, 0.25) is 0 Å². The number of benzene rings is 1. The predicted octanol–water partition coefficient (Wildman–Crippen LogP) is 3.05. The van der Waals surface area contributed by atoms with E-state index in [1.165, 1.54) is 0 Å². The zero-order valence-corrected chi connectivity index (χ0v) is 13.4. The van der Waals surface area contributed by atoms with E-state index in [4.69, 9.17) is 10.3 Å². The fourth-order valence-corrected chi connectivity index (χ4v) is 2.25. The third-order valence-electron chi connectivity index (χ3n) is 3.16. The van der Waals surface area contributed by atoms with Gasteiger partial charge in [0.15, 0.2) is 5.82 Å². The van der Waals surface area contributed by atoms with Crippen LogP contribution in [0.15, 0.2) is 28.8 Å². The molecule has 1 atom stereocenters. The van der Waals surface area contributed by atoms with E-state index < -0.39 is 12.1 Å². The molecule has 6 nitrogen and oxygen atoms in total. The normalized spacial score (nSPS) is 12.9. The summed E-state index contributed by atoms with van der Waals surface area (Å²) in [6, 6.07) is 6.95. The zero-order valence-electron chi connectivity index (χ0n) is 13.4. The molecular weight excluding hydrogens is 280 g/mol. The highest BCUT2D eigenvalue weighted by Gasteiger charge is 2.20. The van der Waals surface area contributed by atoms with Crippen molar-refractivity contribution in [1.29, 1.82) is 0 Å². The molecule has 2 rings (SSSR count). The minimum Gasteiger partial charge on any atom is -0.352 e. The summed E-state index contributed by atoms with van der Waals surface area (Å²) in [4.78, 5) is 15.3. The van der Waals surface area contributed by atoms with Gasteiger partial charge in [0.05, 0.1) is 6.04 Å². The standard InChI is InChI=1S/C16H22N4O2/c1-10(18-15(17)21)13-19-14(22-20-13)12-8-6-5-7-11(12)9-16(2,3)4/h5-8,10H,9H2,1-4H3,(H3,17,18,21). The second kappa shape index (κ2) is 6.17. The highest BCUT2D eigenvalue weighted by atomic mass is 16.5. The van der Waals surface area contributed by atoms with Crippen molar-refractivity contribution in [3.8, 4) is 11.5 Å². The summed E-state index contributed by atoms with van der Waals surface area (Å²) in [7, 11) is 0. The average molecular weight is 302 g/mol. The first-order valence-corrected chi connectivity index (χ1v) is 7.24. The van der Waals surface area contributed by atoms with E-state index in [0.717, 1.165) is 17.5 Å². The molecule has 0 aliphatic rings. The number of amides is 2. The van der Waals surface area contributed by atoms with Crippen molar-refractivity contribution in [3.05, 3.63) is 35.7 Å². The molecule has 0 saturated carbocycles. The number of hydrogen-bond acceptors (Lipinski definition) is 4. The van der Waals surface area contributed by atoms with Gasteiger partial charge in [-0.15, -0.1) is 0 Å². The van der Waals surface area contributed by atoms with E-state index in [9.17, 15) is 4.79 Å². The Hall–Kier alpha value is -2.37. The Morgan fingerprint density at radius 1 is 1.36 bits per heavy atom. The van der Waals surface area contributed by atoms with Crippen molar-refractivity contribution in [3.63, 3.8) is 0 Å². The maximum Gasteiger partial charge on any atom is 0.312 e. The van der Waals surface area contributed by atoms with Gasteiger partial charge in [0.2, 0.25) is 0 Å². The molecule has 6 heteroatoms. The van der Waals surface area contributed by atoms with Crippen LogP contribution >= 0.6 is 0 Å². The number of aromatic nitrogens is 2. The molecule has 1 heterocycles. The van der Waals surface area contributed by atoms with Gasteiger partial charge < -0.3 is 15.6 Å². The number of nitrogens with one attached hydrogen (secondary N) is 1. The number of urea groups is 1. The van der Waals surface area contributed by atoms with E-state index in [1.54, 1.807) is 6.92 Å². The Morgan fingerprint density at radius 2 is 2.05 bits per heavy atom. The van der Waals surface area contributed by atoms with Crippen molar-refractivity contribution in [2.45, 2.75) is 40.2 Å². The lowest BCUT2D eigenvalue weighted by molar-refractivity contribution is 0.245. The van der Waals surface area contributed by atoms with Crippen molar-refractivity contribution < 1.29 is 9.32 Å². The Labute approximate surface area is 130 Å². The first-order chi connectivity index (χ1) is 10.3. The third kappa shape index (κ3) is 4.07. The molecule has 22 heavy (non-hydrogen) atoms. The van der Waals surface area contributed by atoms with Gasteiger partial charge in [-0.2, -0.15) is 4.98 Å². The molecule has 2 amide bonds. The second-order valence-electron chi connectivity index (χ2n) is 6.58. The number of hydrogen-bond donors (Lipinski definition) is 2. The highest BCUT2D eigenvalue weighted by molar-refractivity contribution is 5.72. The second-order valence-corrected chi connectivity index (χ2v) is 6.58. The molecule has 0 radical (unpaired) electrons. The fourth-order valence-electron chi connectivity index (χ4n) is 2.25. The SMILES string of the molecule is CC(NC(N)=O)c1noc(-c2ccccc2CC(C)(C)C)n1. The molecule has 0 bridgehead atoms. The van der Waals surface area contributed by atoms with Crippen LogP contribution in [0.1, 0.15) is 45.1 Å². The highest BCUT2D eigenvalue weighted by Crippen LogP contribution is 2.29. The van der Waals surface area contributed by atoms with Gasteiger partial charge in [0, 0.05) is 5.56 Å². The predicted molar refractivity (Wildman–Crippen MR) is 84.0 cm³/mol. The Balaban J connectivity index is 2.29. The smallest absolute Gasteiger partial charge is 0.312 e. The van der Waals surface area contributed by atoms with E-state index in [-0.39, 0.29) is 5.41 Å². The number of rotatable bonds is 4. The van der Waals surface area contributed by atoms with E-state index in [1.807, 2.05) is 18.2 Å². The molecule has 3 N–H and O–H groups in total. The van der Waals surface area contributed by atoms with Crippen molar-refractivity contribution in [2.75, 3.05) is 0 Å². The number of carbonyl (C=O) groups is 1. The van der Waals surface area contributed by atoms with Gasteiger partial charge >= 0.3 is 6.03 Å². The lowest BCUT2D eigenvalue weighted by Gasteiger charge is -2.19. The Kier molecular flexibility index (Phi) is 4.49. The number of nitrogens with zero attached hydrogens (tertiary/aromatic N) is 2. The maximum atomic E-state index is 10.9. The molecule has 0 spiro atoms. The lowest BCUT2D eigenvalue weighted by Crippen LogP contribution is -2.32. The molecule has 1 aromatic heterocycles. The minimum absolute atomic E-state index is 0.153. The summed E-state index contributed by atoms with van der Waals surface area (Å²) in [5, 5.41) is 6.46. The first-order valence-electron chi connectivity index (χ1n) is 7.24. The quantitative estimate of drug-likeness (QED) is 0.907. The monoisotopic (exact) mass is 302 g/mol. The third-order valence-corrected chi connectivity index (χ3v) is 3.16. The summed E-state index contributed by atoms with van der Waals surface area (Å²) in [6.45, 7) is 8.30. The van der Waals surface area contributed by atoms with Crippen molar-refractivity contribution in [1.82, 2.24) is 15.5 Å². The van der Waals surface area contributed by atoms with Crippen LogP contribution in [0, 0.1) is 5.41 Å². The van der Waals surface area contributed by atoms with E-state index in [0.29, 0.717) is 11.7 Å². The minimum atomic E-state index is -0.619. The summed E-state index contributed by atoms with van der Waals surface area (Å²) in [5.41, 5.74) is 7.33. The van der Waals surface area contributed by atoms with Crippen LogP contribution in [0.5, 0.6) is 0 Å². The van der Waals surface area contributed by atoms with Gasteiger partial charge in [-0.05, 0) is 30.4 Å². The van der Waals surface area contributed by atoms with Crippen LogP contribution in [-0.2, 0) is 6.42 Å². The molecule has 1 unspecified atom stereocenters. The van der Waals surface area contributed by atoms with Crippen molar-refractivity contribution >= 4 is 6.03 Å². The summed E-state index contributed by atoms with van der Waals surface area (Å²) >= 11 is 0. The lowest BCUT2D eigenvalue weighted by atomic mass is 9.86. The van der Waals surface area contributed by atoms with Gasteiger partial charge in [-0.25, -0.2) is 4.79 Å². The van der Waals surface area contributed by atoms with Crippen LogP contribution in [0.25, 0.3) is 11.5 Å². The Bertz CT molecular complexity index is 658. The summed E-state index contributed by atoms with van der Waals surface area (Å²) in [5.74, 6) is 0.854. The van der Waals surface area contributed by atoms with E-state index >= 15 is 0 Å². The maximum absolute atomic E-state index is 10.9. The van der Waals surface area contributed by atoms with Gasteiger partial charge in [-0.1, -0.05) is 44.1 Å². The molecule has 1 aromatic carbocycles. The molecule has 0 saturated heterocycles. The molecule has 2 aromatic rings. The molecule has 0 fully saturated rings. The van der Waals surface area contributed by atoms with Gasteiger partial charge in [0.25, 0.3) is 5.89 Å². The molecule has 0 aliphatic heterocycles. The van der Waals surface area contributed by atoms with Gasteiger partial charge in [-0.3, -0.25) is 0 Å². The summed E-state index contributed by atoms with van der Waals surface area (Å²) in [6.07, 6.45) is 0.899. The fraction of sp³-hybridized carbons (Fsp3) is 0.438. The molecular formula is C16H22N4O2. The Morgan fingerprint density at radius 3 is 2.68 bits per heavy atom. The average Bonchev–Trinajstić information content (AvgIpc) is 2.86.